The fourth-order valence-corrected chi connectivity index (χ4v) is 5.90. The Balaban J connectivity index is 1.30. The van der Waals surface area contributed by atoms with Gasteiger partial charge in [-0.25, -0.2) is 18.6 Å². The zero-order chi connectivity index (χ0) is 36.8. The molecule has 4 N–H and O–H groups in total. The average molecular weight is 717 g/mol. The third-order valence-corrected chi connectivity index (χ3v) is 8.83. The molecule has 16 heteroatoms. The number of nitrogens with zero attached hydrogens (tertiary/aromatic N) is 2. The van der Waals surface area contributed by atoms with Gasteiger partial charge in [0.1, 0.15) is 11.5 Å². The standard InChI is InChI=1S/C35H36N6O9S/c1-3-49-35(46)26-9-11-28(12-10-26)39-34(45)33(44)36-21-29-15-16-30(50-29)22-37-40-32(43)23-41(20-19-25-7-5-4-6-8-25)51(47,48)31-17-13-27(14-18-31)38-24(2)42/h4-18,22H,3,19-21,23H2,1-2H3,(H,36,44)(H,38,42)(H,39,45)(H,40,43)/b37-22-. The maximum absolute atomic E-state index is 13.6. The Bertz CT molecular complexity index is 1980. The largest absolute Gasteiger partial charge is 0.462 e. The molecule has 0 unspecified atom stereocenters. The van der Waals surface area contributed by atoms with Crippen molar-refractivity contribution in [1.29, 1.82) is 0 Å². The van der Waals surface area contributed by atoms with E-state index in [4.69, 9.17) is 9.15 Å². The van der Waals surface area contributed by atoms with Crippen LogP contribution in [0.4, 0.5) is 11.4 Å². The van der Waals surface area contributed by atoms with Crippen LogP contribution in [0, 0.1) is 0 Å². The Morgan fingerprint density at radius 3 is 2.18 bits per heavy atom. The van der Waals surface area contributed by atoms with E-state index in [-0.39, 0.29) is 42.0 Å². The van der Waals surface area contributed by atoms with E-state index in [1.807, 2.05) is 30.3 Å². The second-order valence-corrected chi connectivity index (χ2v) is 12.7. The predicted octanol–water partition coefficient (Wildman–Crippen LogP) is 3.05. The Kier molecular flexibility index (Phi) is 13.3. The van der Waals surface area contributed by atoms with Crippen LogP contribution < -0.4 is 21.4 Å². The Morgan fingerprint density at radius 2 is 1.51 bits per heavy atom. The number of rotatable bonds is 15. The number of sulfonamides is 1. The Labute approximate surface area is 294 Å². The minimum absolute atomic E-state index is 0.00395. The molecule has 4 rings (SSSR count). The number of benzene rings is 3. The van der Waals surface area contributed by atoms with Gasteiger partial charge in [0.15, 0.2) is 0 Å². The highest BCUT2D eigenvalue weighted by atomic mass is 32.2. The van der Waals surface area contributed by atoms with Crippen molar-refractivity contribution in [2.45, 2.75) is 31.7 Å². The van der Waals surface area contributed by atoms with Crippen LogP contribution in [0.2, 0.25) is 0 Å². The number of hydrogen-bond donors (Lipinski definition) is 4. The minimum atomic E-state index is -4.12. The molecule has 0 atom stereocenters. The number of anilines is 2. The molecule has 266 valence electrons. The number of carbonyl (C=O) groups is 5. The lowest BCUT2D eigenvalue weighted by atomic mass is 10.1. The third kappa shape index (κ3) is 11.5. The molecule has 51 heavy (non-hydrogen) atoms. The van der Waals surface area contributed by atoms with Gasteiger partial charge in [0.2, 0.25) is 15.9 Å². The topological polar surface area (TPSA) is 206 Å². The van der Waals surface area contributed by atoms with Gasteiger partial charge in [-0.1, -0.05) is 30.3 Å². The quantitative estimate of drug-likeness (QED) is 0.0617. The normalized spacial score (nSPS) is 11.2. The van der Waals surface area contributed by atoms with Gasteiger partial charge in [0.25, 0.3) is 5.91 Å². The number of furan rings is 1. The SMILES string of the molecule is CCOC(=O)c1ccc(NC(=O)C(=O)NCc2ccc(/C=N\NC(=O)CN(CCc3ccccc3)S(=O)(=O)c3ccc(NC(C)=O)cc3)o2)cc1. The first-order valence-corrected chi connectivity index (χ1v) is 17.1. The molecule has 0 spiro atoms. The van der Waals surface area contributed by atoms with Crippen LogP contribution in [-0.4, -0.2) is 68.2 Å². The van der Waals surface area contributed by atoms with Crippen molar-refractivity contribution in [2.24, 2.45) is 5.10 Å². The first-order chi connectivity index (χ1) is 24.4. The number of ether oxygens (including phenoxy) is 1. The summed E-state index contributed by atoms with van der Waals surface area (Å²) in [5, 5.41) is 11.3. The van der Waals surface area contributed by atoms with Crippen molar-refractivity contribution in [1.82, 2.24) is 15.0 Å². The minimum Gasteiger partial charge on any atom is -0.462 e. The summed E-state index contributed by atoms with van der Waals surface area (Å²) >= 11 is 0. The maximum atomic E-state index is 13.6. The molecule has 1 aromatic heterocycles. The van der Waals surface area contributed by atoms with Gasteiger partial charge >= 0.3 is 17.8 Å². The summed E-state index contributed by atoms with van der Waals surface area (Å²) in [5.41, 5.74) is 4.20. The smallest absolute Gasteiger partial charge is 0.338 e. The molecule has 0 bridgehead atoms. The van der Waals surface area contributed by atoms with E-state index in [1.54, 1.807) is 6.92 Å². The summed E-state index contributed by atoms with van der Waals surface area (Å²) < 4.78 is 38.6. The summed E-state index contributed by atoms with van der Waals surface area (Å²) in [6.45, 7) is 2.59. The molecule has 15 nitrogen and oxygen atoms in total. The van der Waals surface area contributed by atoms with Gasteiger partial charge in [-0.05, 0) is 79.6 Å². The second kappa shape index (κ2) is 18.0. The van der Waals surface area contributed by atoms with Crippen molar-refractivity contribution in [2.75, 3.05) is 30.3 Å². The lowest BCUT2D eigenvalue weighted by Gasteiger charge is -2.21. The molecule has 3 aromatic carbocycles. The van der Waals surface area contributed by atoms with Crippen molar-refractivity contribution in [3.63, 3.8) is 0 Å². The fraction of sp³-hybridized carbons (Fsp3) is 0.200. The zero-order valence-corrected chi connectivity index (χ0v) is 28.6. The van der Waals surface area contributed by atoms with E-state index in [0.29, 0.717) is 23.4 Å². The monoisotopic (exact) mass is 716 g/mol. The number of nitrogens with one attached hydrogen (secondary N) is 4. The van der Waals surface area contributed by atoms with Gasteiger partial charge in [0, 0.05) is 24.8 Å². The lowest BCUT2D eigenvalue weighted by molar-refractivity contribution is -0.136. The highest BCUT2D eigenvalue weighted by Gasteiger charge is 2.26. The number of hydrogen-bond acceptors (Lipinski definition) is 10. The number of amides is 4. The highest BCUT2D eigenvalue weighted by Crippen LogP contribution is 2.19. The molecule has 0 aliphatic carbocycles. The molecular weight excluding hydrogens is 680 g/mol. The molecule has 1 heterocycles. The van der Waals surface area contributed by atoms with Gasteiger partial charge < -0.3 is 25.1 Å². The van der Waals surface area contributed by atoms with Crippen molar-refractivity contribution in [3.8, 4) is 0 Å². The summed E-state index contributed by atoms with van der Waals surface area (Å²) in [4.78, 5) is 60.5. The van der Waals surface area contributed by atoms with Crippen LogP contribution in [0.25, 0.3) is 0 Å². The second-order valence-electron chi connectivity index (χ2n) is 10.8. The van der Waals surface area contributed by atoms with Crippen LogP contribution in [-0.2, 0) is 46.9 Å². The summed E-state index contributed by atoms with van der Waals surface area (Å²) in [6, 6.07) is 23.7. The van der Waals surface area contributed by atoms with E-state index in [0.717, 1.165) is 9.87 Å². The van der Waals surface area contributed by atoms with Crippen LogP contribution in [0.3, 0.4) is 0 Å². The Hall–Kier alpha value is -6.13. The van der Waals surface area contributed by atoms with E-state index < -0.39 is 40.3 Å². The summed E-state index contributed by atoms with van der Waals surface area (Å²) in [5.74, 6) is -2.89. The molecule has 0 radical (unpaired) electrons. The van der Waals surface area contributed by atoms with Crippen molar-refractivity contribution in [3.05, 3.63) is 114 Å². The highest BCUT2D eigenvalue weighted by molar-refractivity contribution is 7.89. The number of carbonyl (C=O) groups excluding carboxylic acids is 5. The summed E-state index contributed by atoms with van der Waals surface area (Å²) in [7, 11) is -4.12. The molecule has 0 saturated heterocycles. The van der Waals surface area contributed by atoms with E-state index in [9.17, 15) is 32.4 Å². The molecule has 4 aromatic rings. The molecule has 4 amide bonds. The number of hydrazone groups is 1. The molecule has 0 saturated carbocycles. The van der Waals surface area contributed by atoms with Crippen LogP contribution in [0.5, 0.6) is 0 Å². The Morgan fingerprint density at radius 1 is 0.843 bits per heavy atom. The molecular formula is C35H36N6O9S. The van der Waals surface area contributed by atoms with Gasteiger partial charge in [-0.15, -0.1) is 0 Å². The van der Waals surface area contributed by atoms with Gasteiger partial charge in [0.05, 0.1) is 36.4 Å². The van der Waals surface area contributed by atoms with E-state index in [1.165, 1.54) is 73.8 Å². The predicted molar refractivity (Wildman–Crippen MR) is 187 cm³/mol. The molecule has 0 aliphatic heterocycles. The van der Waals surface area contributed by atoms with Gasteiger partial charge in [-0.3, -0.25) is 19.2 Å². The fourth-order valence-electron chi connectivity index (χ4n) is 4.51. The van der Waals surface area contributed by atoms with Crippen LogP contribution >= 0.6 is 0 Å². The lowest BCUT2D eigenvalue weighted by Crippen LogP contribution is -2.40. The van der Waals surface area contributed by atoms with Crippen LogP contribution in [0.15, 0.2) is 105 Å². The maximum Gasteiger partial charge on any atom is 0.338 e. The van der Waals surface area contributed by atoms with Crippen LogP contribution in [0.1, 0.15) is 41.3 Å². The molecule has 0 fully saturated rings. The van der Waals surface area contributed by atoms with Crippen molar-refractivity contribution >= 4 is 57.2 Å². The zero-order valence-electron chi connectivity index (χ0n) is 27.8. The van der Waals surface area contributed by atoms with Crippen molar-refractivity contribution < 1.29 is 41.5 Å². The molecule has 0 aliphatic rings. The van der Waals surface area contributed by atoms with E-state index in [2.05, 4.69) is 26.5 Å². The first kappa shape index (κ1) is 37.7. The van der Waals surface area contributed by atoms with E-state index >= 15 is 0 Å². The summed E-state index contributed by atoms with van der Waals surface area (Å²) in [6.07, 6.45) is 1.54. The number of esters is 1. The van der Waals surface area contributed by atoms with Gasteiger partial charge in [-0.2, -0.15) is 9.41 Å². The first-order valence-electron chi connectivity index (χ1n) is 15.6. The third-order valence-electron chi connectivity index (χ3n) is 6.97. The average Bonchev–Trinajstić information content (AvgIpc) is 3.57.